The molecule has 146 valence electrons. The molecule has 0 unspecified atom stereocenters. The molecule has 0 radical (unpaired) electrons. The van der Waals surface area contributed by atoms with E-state index in [9.17, 15) is 14.0 Å². The predicted molar refractivity (Wildman–Crippen MR) is 105 cm³/mol. The number of H-pyrrole nitrogens is 1. The van der Waals surface area contributed by atoms with Crippen LogP contribution < -0.4 is 5.56 Å². The summed E-state index contributed by atoms with van der Waals surface area (Å²) in [5.41, 5.74) is 0.737. The molecule has 3 heterocycles. The minimum absolute atomic E-state index is 0.0569. The van der Waals surface area contributed by atoms with Crippen LogP contribution in [0.3, 0.4) is 0 Å². The first kappa shape index (κ1) is 18.7. The van der Waals surface area contributed by atoms with Crippen LogP contribution in [0.1, 0.15) is 19.8 Å². The molecule has 4 rings (SSSR count). The highest BCUT2D eigenvalue weighted by molar-refractivity contribution is 7.99. The van der Waals surface area contributed by atoms with Gasteiger partial charge in [-0.3, -0.25) is 14.7 Å². The van der Waals surface area contributed by atoms with Crippen molar-refractivity contribution < 1.29 is 9.18 Å². The van der Waals surface area contributed by atoms with Crippen LogP contribution in [0.15, 0.2) is 40.3 Å². The molecule has 0 saturated carbocycles. The monoisotopic (exact) mass is 401 g/mol. The van der Waals surface area contributed by atoms with Crippen molar-refractivity contribution in [3.63, 3.8) is 0 Å². The summed E-state index contributed by atoms with van der Waals surface area (Å²) in [5.74, 6) is 0.964. The number of piperidine rings is 1. The highest BCUT2D eigenvalue weighted by Crippen LogP contribution is 2.23. The molecule has 1 aliphatic heterocycles. The van der Waals surface area contributed by atoms with E-state index in [1.54, 1.807) is 12.1 Å². The van der Waals surface area contributed by atoms with Crippen LogP contribution in [0.2, 0.25) is 0 Å². The van der Waals surface area contributed by atoms with Gasteiger partial charge in [-0.25, -0.2) is 18.9 Å². The number of rotatable bonds is 4. The summed E-state index contributed by atoms with van der Waals surface area (Å²) in [7, 11) is 0. The fourth-order valence-electron chi connectivity index (χ4n) is 3.18. The Hall–Kier alpha value is -2.68. The molecule has 28 heavy (non-hydrogen) atoms. The third kappa shape index (κ3) is 3.94. The summed E-state index contributed by atoms with van der Waals surface area (Å²) in [6.07, 6.45) is 2.04. The van der Waals surface area contributed by atoms with Crippen LogP contribution in [0, 0.1) is 11.7 Å². The average Bonchev–Trinajstić information content (AvgIpc) is 3.07. The Bertz CT molecular complexity index is 1050. The molecular formula is C19H20FN5O2S. The number of nitrogens with zero attached hydrogens (tertiary/aromatic N) is 4. The Morgan fingerprint density at radius 1 is 1.25 bits per heavy atom. The maximum Gasteiger partial charge on any atom is 0.266 e. The van der Waals surface area contributed by atoms with Gasteiger partial charge in [-0.2, -0.15) is 0 Å². The molecule has 0 bridgehead atoms. The van der Waals surface area contributed by atoms with Crippen LogP contribution in [0.5, 0.6) is 0 Å². The smallest absolute Gasteiger partial charge is 0.266 e. The quantitative estimate of drug-likeness (QED) is 0.680. The Kier molecular flexibility index (Phi) is 5.17. The Labute approximate surface area is 165 Å². The van der Waals surface area contributed by atoms with Crippen LogP contribution in [-0.2, 0) is 4.79 Å². The minimum Gasteiger partial charge on any atom is -0.342 e. The number of fused-ring (bicyclic) bond motifs is 1. The van der Waals surface area contributed by atoms with E-state index in [1.807, 2.05) is 4.90 Å². The topological polar surface area (TPSA) is 83.4 Å². The van der Waals surface area contributed by atoms with E-state index in [0.717, 1.165) is 25.9 Å². The van der Waals surface area contributed by atoms with Gasteiger partial charge in [-0.1, -0.05) is 18.7 Å². The number of hydrogen-bond donors (Lipinski definition) is 1. The zero-order valence-corrected chi connectivity index (χ0v) is 16.2. The SMILES string of the molecule is CC1CCN(C(=O)CSc2nc(-c3ccc(F)cc3)nc3cc(=O)[nH]n23)CC1. The van der Waals surface area contributed by atoms with Crippen molar-refractivity contribution >= 4 is 23.3 Å². The van der Waals surface area contributed by atoms with Crippen LogP contribution in [0.25, 0.3) is 17.0 Å². The standard InChI is InChI=1S/C19H20FN5O2S/c1-12-6-8-24(9-7-12)17(27)11-28-19-22-18(13-2-4-14(20)5-3-13)21-15-10-16(26)23-25(15)19/h2-5,10,12H,6-9,11H2,1H3,(H,23,26). The molecule has 1 N–H and O–H groups in total. The third-order valence-electron chi connectivity index (χ3n) is 4.89. The van der Waals surface area contributed by atoms with E-state index in [0.29, 0.717) is 28.1 Å². The van der Waals surface area contributed by atoms with Crippen LogP contribution in [0.4, 0.5) is 4.39 Å². The van der Waals surface area contributed by atoms with Crippen molar-refractivity contribution in [1.82, 2.24) is 24.5 Å². The van der Waals surface area contributed by atoms with Crippen molar-refractivity contribution in [3.8, 4) is 11.4 Å². The van der Waals surface area contributed by atoms with Gasteiger partial charge < -0.3 is 4.90 Å². The average molecular weight is 401 g/mol. The Morgan fingerprint density at radius 3 is 2.68 bits per heavy atom. The van der Waals surface area contributed by atoms with Gasteiger partial charge >= 0.3 is 0 Å². The first-order valence-corrected chi connectivity index (χ1v) is 10.1. The fourth-order valence-corrected chi connectivity index (χ4v) is 4.04. The van der Waals surface area contributed by atoms with Gasteiger partial charge in [0.25, 0.3) is 5.56 Å². The molecular weight excluding hydrogens is 381 g/mol. The Balaban J connectivity index is 1.59. The summed E-state index contributed by atoms with van der Waals surface area (Å²) < 4.78 is 14.7. The van der Waals surface area contributed by atoms with Crippen LogP contribution >= 0.6 is 11.8 Å². The molecule has 3 aromatic rings. The number of benzene rings is 1. The zero-order chi connectivity index (χ0) is 19.7. The zero-order valence-electron chi connectivity index (χ0n) is 15.4. The van der Waals surface area contributed by atoms with E-state index < -0.39 is 0 Å². The second-order valence-electron chi connectivity index (χ2n) is 7.00. The summed E-state index contributed by atoms with van der Waals surface area (Å²) in [4.78, 5) is 35.1. The number of aromatic amines is 1. The molecule has 2 aromatic heterocycles. The number of likely N-dealkylation sites (tertiary alicyclic amines) is 1. The maximum atomic E-state index is 13.2. The number of aromatic nitrogens is 4. The summed E-state index contributed by atoms with van der Waals surface area (Å²) in [5, 5.41) is 3.12. The second-order valence-corrected chi connectivity index (χ2v) is 7.95. The number of carbonyl (C=O) groups excluding carboxylic acids is 1. The number of amides is 1. The lowest BCUT2D eigenvalue weighted by Crippen LogP contribution is -2.38. The molecule has 7 nitrogen and oxygen atoms in total. The van der Waals surface area contributed by atoms with Crippen molar-refractivity contribution in [3.05, 3.63) is 46.5 Å². The number of nitrogens with one attached hydrogen (secondary N) is 1. The largest absolute Gasteiger partial charge is 0.342 e. The minimum atomic E-state index is -0.348. The third-order valence-corrected chi connectivity index (χ3v) is 5.81. The molecule has 1 fully saturated rings. The van der Waals surface area contributed by atoms with Crippen molar-refractivity contribution in [2.75, 3.05) is 18.8 Å². The van der Waals surface area contributed by atoms with Crippen LogP contribution in [-0.4, -0.2) is 49.2 Å². The van der Waals surface area contributed by atoms with Gasteiger partial charge in [0.05, 0.1) is 5.75 Å². The van der Waals surface area contributed by atoms with Crippen molar-refractivity contribution in [2.45, 2.75) is 24.9 Å². The second kappa shape index (κ2) is 7.75. The highest BCUT2D eigenvalue weighted by atomic mass is 32.2. The molecule has 0 aliphatic carbocycles. The Morgan fingerprint density at radius 2 is 1.96 bits per heavy atom. The van der Waals surface area contributed by atoms with E-state index in [2.05, 4.69) is 22.0 Å². The number of thioether (sulfide) groups is 1. The lowest BCUT2D eigenvalue weighted by molar-refractivity contribution is -0.129. The fraction of sp³-hybridized carbons (Fsp3) is 0.368. The van der Waals surface area contributed by atoms with Gasteiger partial charge in [-0.15, -0.1) is 0 Å². The number of hydrogen-bond acceptors (Lipinski definition) is 5. The summed E-state index contributed by atoms with van der Waals surface area (Å²) in [6, 6.07) is 7.20. The van der Waals surface area contributed by atoms with E-state index >= 15 is 0 Å². The van der Waals surface area contributed by atoms with Crippen molar-refractivity contribution in [1.29, 1.82) is 0 Å². The first-order valence-electron chi connectivity index (χ1n) is 9.16. The number of halogens is 1. The van der Waals surface area contributed by atoms with Crippen molar-refractivity contribution in [2.24, 2.45) is 5.92 Å². The van der Waals surface area contributed by atoms with Gasteiger partial charge in [0.1, 0.15) is 5.82 Å². The highest BCUT2D eigenvalue weighted by Gasteiger charge is 2.21. The molecule has 9 heteroatoms. The van der Waals surface area contributed by atoms with Gasteiger partial charge in [-0.05, 0) is 43.0 Å². The molecule has 1 aliphatic rings. The van der Waals surface area contributed by atoms with Gasteiger partial charge in [0.2, 0.25) is 5.91 Å². The molecule has 0 spiro atoms. The van der Waals surface area contributed by atoms with E-state index in [4.69, 9.17) is 0 Å². The van der Waals surface area contributed by atoms with Gasteiger partial charge in [0.15, 0.2) is 16.6 Å². The predicted octanol–water partition coefficient (Wildman–Crippen LogP) is 2.57. The van der Waals surface area contributed by atoms with E-state index in [-0.39, 0.29) is 23.0 Å². The normalized spacial score (nSPS) is 15.3. The lowest BCUT2D eigenvalue weighted by Gasteiger charge is -2.30. The lowest BCUT2D eigenvalue weighted by atomic mass is 9.99. The molecule has 0 atom stereocenters. The van der Waals surface area contributed by atoms with E-state index in [1.165, 1.54) is 34.5 Å². The molecule has 1 saturated heterocycles. The summed E-state index contributed by atoms with van der Waals surface area (Å²) >= 11 is 1.25. The maximum absolute atomic E-state index is 13.2. The number of carbonyl (C=O) groups is 1. The summed E-state index contributed by atoms with van der Waals surface area (Å²) in [6.45, 7) is 3.76. The molecule has 1 amide bonds. The first-order chi connectivity index (χ1) is 13.5. The molecule has 1 aromatic carbocycles. The van der Waals surface area contributed by atoms with Gasteiger partial charge in [0, 0.05) is 24.7 Å².